The normalized spacial score (nSPS) is 17.6. The molecule has 3 amide bonds. The maximum Gasteiger partial charge on any atom is 0.321 e. The zero-order chi connectivity index (χ0) is 24.1. The summed E-state index contributed by atoms with van der Waals surface area (Å²) in [6, 6.07) is 15.2. The molecule has 1 aliphatic carbocycles. The van der Waals surface area contributed by atoms with Gasteiger partial charge in [0.1, 0.15) is 0 Å². The van der Waals surface area contributed by atoms with Crippen molar-refractivity contribution in [1.82, 2.24) is 20.2 Å². The third-order valence-corrected chi connectivity index (χ3v) is 6.95. The summed E-state index contributed by atoms with van der Waals surface area (Å²) in [4.78, 5) is 42.6. The molecule has 3 aromatic rings. The van der Waals surface area contributed by atoms with Crippen molar-refractivity contribution >= 4 is 34.6 Å². The molecule has 0 aliphatic heterocycles. The van der Waals surface area contributed by atoms with Crippen LogP contribution in [0.1, 0.15) is 38.2 Å². The van der Waals surface area contributed by atoms with E-state index in [-0.39, 0.29) is 17.4 Å². The molecule has 2 aromatic carbocycles. The number of nitriles is 1. The minimum absolute atomic E-state index is 0.0675. The lowest BCUT2D eigenvalue weighted by Crippen LogP contribution is -2.48. The molecule has 0 saturated heterocycles. The number of rotatable bonds is 5. The maximum absolute atomic E-state index is 13.3. The van der Waals surface area contributed by atoms with Crippen LogP contribution in [0, 0.1) is 17.2 Å². The van der Waals surface area contributed by atoms with Gasteiger partial charge in [-0.05, 0) is 55.2 Å². The van der Waals surface area contributed by atoms with E-state index >= 15 is 0 Å². The van der Waals surface area contributed by atoms with Crippen molar-refractivity contribution in [2.45, 2.75) is 43.8 Å². The topological polar surface area (TPSA) is 117 Å². The summed E-state index contributed by atoms with van der Waals surface area (Å²) in [5, 5.41) is 15.1. The van der Waals surface area contributed by atoms with Crippen molar-refractivity contribution < 1.29 is 9.59 Å². The number of para-hydroxylation sites is 1. The minimum Gasteiger partial charge on any atom is -0.335 e. The summed E-state index contributed by atoms with van der Waals surface area (Å²) in [5.74, 6) is -0.179. The van der Waals surface area contributed by atoms with Gasteiger partial charge in [-0.15, -0.1) is 0 Å². The van der Waals surface area contributed by atoms with Gasteiger partial charge in [-0.25, -0.2) is 9.78 Å². The van der Waals surface area contributed by atoms with Gasteiger partial charge in [0, 0.05) is 6.04 Å². The van der Waals surface area contributed by atoms with Gasteiger partial charge in [0.2, 0.25) is 5.91 Å². The second-order valence-electron chi connectivity index (χ2n) is 8.39. The number of aromatic nitrogens is 2. The Bertz CT molecular complexity index is 1310. The van der Waals surface area contributed by atoms with Crippen molar-refractivity contribution in [1.29, 1.82) is 5.26 Å². The van der Waals surface area contributed by atoms with E-state index < -0.39 is 11.9 Å². The lowest BCUT2D eigenvalue weighted by molar-refractivity contribution is -0.117. The van der Waals surface area contributed by atoms with Gasteiger partial charge in [-0.1, -0.05) is 43.7 Å². The summed E-state index contributed by atoms with van der Waals surface area (Å²) >= 11 is 1.07. The molecule has 2 atom stereocenters. The molecule has 1 aliphatic rings. The predicted octanol–water partition coefficient (Wildman–Crippen LogP) is 3.75. The number of imide groups is 1. The first-order valence-electron chi connectivity index (χ1n) is 11.2. The summed E-state index contributed by atoms with van der Waals surface area (Å²) in [6.45, 7) is 2.11. The van der Waals surface area contributed by atoms with Gasteiger partial charge in [0.05, 0.1) is 34.0 Å². The second-order valence-corrected chi connectivity index (χ2v) is 9.33. The summed E-state index contributed by atoms with van der Waals surface area (Å²) < 4.78 is 1.42. The van der Waals surface area contributed by atoms with E-state index in [1.807, 2.05) is 0 Å². The lowest BCUT2D eigenvalue weighted by atomic mass is 9.86. The van der Waals surface area contributed by atoms with Crippen LogP contribution in [0.3, 0.4) is 0 Å². The number of nitrogens with one attached hydrogen (secondary N) is 2. The quantitative estimate of drug-likeness (QED) is 0.429. The number of thioether (sulfide) groups is 1. The SMILES string of the molecule is CC1CCCCC1NC(=O)NC(=O)CSc1nc2ccccc2c(=O)n1-c1ccc(C#N)cc1. The van der Waals surface area contributed by atoms with E-state index in [9.17, 15) is 14.4 Å². The Labute approximate surface area is 201 Å². The maximum atomic E-state index is 13.3. The van der Waals surface area contributed by atoms with Crippen LogP contribution in [0.15, 0.2) is 58.5 Å². The largest absolute Gasteiger partial charge is 0.335 e. The zero-order valence-corrected chi connectivity index (χ0v) is 19.6. The highest BCUT2D eigenvalue weighted by atomic mass is 32.2. The molecule has 1 fully saturated rings. The molecule has 2 N–H and O–H groups in total. The van der Waals surface area contributed by atoms with Crippen molar-refractivity contribution in [2.75, 3.05) is 5.75 Å². The first kappa shape index (κ1) is 23.5. The van der Waals surface area contributed by atoms with Crippen LogP contribution in [0.2, 0.25) is 0 Å². The van der Waals surface area contributed by atoms with E-state index in [1.54, 1.807) is 48.5 Å². The number of hydrogen-bond donors (Lipinski definition) is 2. The van der Waals surface area contributed by atoms with Crippen LogP contribution in [0.5, 0.6) is 0 Å². The summed E-state index contributed by atoms with van der Waals surface area (Å²) in [7, 11) is 0. The number of amides is 3. The first-order valence-corrected chi connectivity index (χ1v) is 12.2. The Morgan fingerprint density at radius 1 is 1.15 bits per heavy atom. The summed E-state index contributed by atoms with van der Waals surface area (Å²) in [5.41, 5.74) is 1.25. The molecule has 0 radical (unpaired) electrons. The number of carbonyl (C=O) groups is 2. The number of carbonyl (C=O) groups excluding carboxylic acids is 2. The zero-order valence-electron chi connectivity index (χ0n) is 18.8. The average molecular weight is 476 g/mol. The third kappa shape index (κ3) is 5.29. The fourth-order valence-corrected chi connectivity index (χ4v) is 4.96. The van der Waals surface area contributed by atoms with Gasteiger partial charge in [0.15, 0.2) is 5.16 Å². The molecular weight excluding hydrogens is 450 g/mol. The highest BCUT2D eigenvalue weighted by Gasteiger charge is 2.23. The number of hydrogen-bond acceptors (Lipinski definition) is 6. The highest BCUT2D eigenvalue weighted by Crippen LogP contribution is 2.24. The van der Waals surface area contributed by atoms with Crippen molar-refractivity contribution in [3.05, 3.63) is 64.4 Å². The van der Waals surface area contributed by atoms with E-state index in [0.29, 0.717) is 33.2 Å². The second kappa shape index (κ2) is 10.5. The number of benzene rings is 2. The number of fused-ring (bicyclic) bond motifs is 1. The van der Waals surface area contributed by atoms with Gasteiger partial charge >= 0.3 is 6.03 Å². The standard InChI is InChI=1S/C25H25N5O3S/c1-16-6-2-4-8-20(16)27-24(33)29-22(31)15-34-25-28-21-9-5-3-7-19(21)23(32)30(25)18-12-10-17(14-26)11-13-18/h3,5,7,9-13,16,20H,2,4,6,8,15H2,1H3,(H2,27,29,31,33). The molecule has 34 heavy (non-hydrogen) atoms. The third-order valence-electron chi connectivity index (χ3n) is 6.01. The highest BCUT2D eigenvalue weighted by molar-refractivity contribution is 7.99. The number of urea groups is 1. The molecule has 4 rings (SSSR count). The Morgan fingerprint density at radius 2 is 1.88 bits per heavy atom. The predicted molar refractivity (Wildman–Crippen MR) is 131 cm³/mol. The molecule has 1 heterocycles. The average Bonchev–Trinajstić information content (AvgIpc) is 2.84. The number of nitrogens with zero attached hydrogens (tertiary/aromatic N) is 3. The lowest BCUT2D eigenvalue weighted by Gasteiger charge is -2.29. The van der Waals surface area contributed by atoms with Crippen molar-refractivity contribution in [2.24, 2.45) is 5.92 Å². The molecule has 1 aromatic heterocycles. The van der Waals surface area contributed by atoms with Gasteiger partial charge in [-0.3, -0.25) is 19.5 Å². The molecular formula is C25H25N5O3S. The molecule has 1 saturated carbocycles. The molecule has 0 bridgehead atoms. The molecule has 2 unspecified atom stereocenters. The Balaban J connectivity index is 1.52. The van der Waals surface area contributed by atoms with Crippen molar-refractivity contribution in [3.63, 3.8) is 0 Å². The molecule has 8 nitrogen and oxygen atoms in total. The Morgan fingerprint density at radius 3 is 2.62 bits per heavy atom. The Hall–Kier alpha value is -3.64. The minimum atomic E-state index is -0.500. The summed E-state index contributed by atoms with van der Waals surface area (Å²) in [6.07, 6.45) is 4.21. The molecule has 0 spiro atoms. The van der Waals surface area contributed by atoms with Crippen LogP contribution >= 0.6 is 11.8 Å². The van der Waals surface area contributed by atoms with Crippen molar-refractivity contribution in [3.8, 4) is 11.8 Å². The fourth-order valence-electron chi connectivity index (χ4n) is 4.15. The van der Waals surface area contributed by atoms with Crippen LogP contribution < -0.4 is 16.2 Å². The van der Waals surface area contributed by atoms with Gasteiger partial charge in [-0.2, -0.15) is 5.26 Å². The molecule has 9 heteroatoms. The van der Waals surface area contributed by atoms with E-state index in [0.717, 1.165) is 37.4 Å². The molecule has 174 valence electrons. The smallest absolute Gasteiger partial charge is 0.321 e. The van der Waals surface area contributed by atoms with E-state index in [2.05, 4.69) is 28.6 Å². The van der Waals surface area contributed by atoms with Crippen LogP contribution in [-0.2, 0) is 4.79 Å². The van der Waals surface area contributed by atoms with Gasteiger partial charge < -0.3 is 5.32 Å². The van der Waals surface area contributed by atoms with E-state index in [1.165, 1.54) is 4.57 Å². The monoisotopic (exact) mass is 475 g/mol. The van der Waals surface area contributed by atoms with Crippen LogP contribution in [-0.4, -0.2) is 33.3 Å². The van der Waals surface area contributed by atoms with Gasteiger partial charge in [0.25, 0.3) is 5.56 Å². The Kier molecular flexibility index (Phi) is 7.28. The first-order chi connectivity index (χ1) is 16.5. The van der Waals surface area contributed by atoms with E-state index in [4.69, 9.17) is 5.26 Å². The fraction of sp³-hybridized carbons (Fsp3) is 0.320. The van der Waals surface area contributed by atoms with Crippen LogP contribution in [0.25, 0.3) is 16.6 Å². The van der Waals surface area contributed by atoms with Crippen LogP contribution in [0.4, 0.5) is 4.79 Å².